The van der Waals surface area contributed by atoms with Crippen molar-refractivity contribution >= 4 is 5.91 Å². The van der Waals surface area contributed by atoms with Crippen LogP contribution < -0.4 is 9.47 Å². The number of carbonyl (C=O) groups excluding carboxylic acids is 1. The Hall–Kier alpha value is -5.01. The van der Waals surface area contributed by atoms with Gasteiger partial charge in [-0.2, -0.15) is 0 Å². The Labute approximate surface area is 309 Å². The molecule has 1 atom stereocenters. The maximum atomic E-state index is 14.2. The van der Waals surface area contributed by atoms with Gasteiger partial charge in [0.2, 0.25) is 5.91 Å². The summed E-state index contributed by atoms with van der Waals surface area (Å²) in [7, 11) is 1.73. The fourth-order valence-electron chi connectivity index (χ4n) is 7.76. The van der Waals surface area contributed by atoms with Crippen LogP contribution in [-0.4, -0.2) is 91.8 Å². The molecule has 276 valence electrons. The van der Waals surface area contributed by atoms with Crippen LogP contribution in [-0.2, 0) is 35.8 Å². The van der Waals surface area contributed by atoms with Crippen molar-refractivity contribution in [1.29, 1.82) is 0 Å². The maximum absolute atomic E-state index is 14.2. The minimum absolute atomic E-state index is 0.00748. The SMILES string of the molecule is CCCN(CO)Cc1ncc(-c2cc3c4c(c2)OCc2cc(-c5cnc(CN(CCC)C(=O)C(c6ccccc6)N6CC(OC)C6)[nH]5)cc(c2-4)OC3)[nH]1. The number of amides is 1. The van der Waals surface area contributed by atoms with Crippen LogP contribution in [0.15, 0.2) is 67.0 Å². The lowest BCUT2D eigenvalue weighted by molar-refractivity contribution is -0.144. The molecule has 12 heteroatoms. The highest BCUT2D eigenvalue weighted by Crippen LogP contribution is 2.50. The largest absolute Gasteiger partial charge is 0.488 e. The van der Waals surface area contributed by atoms with E-state index >= 15 is 0 Å². The fourth-order valence-corrected chi connectivity index (χ4v) is 7.76. The molecule has 5 aromatic rings. The van der Waals surface area contributed by atoms with E-state index < -0.39 is 0 Å². The van der Waals surface area contributed by atoms with Gasteiger partial charge in [-0.05, 0) is 42.7 Å². The number of aromatic amines is 2. The summed E-state index contributed by atoms with van der Waals surface area (Å²) in [6.07, 6.45) is 5.61. The number of benzene rings is 3. The van der Waals surface area contributed by atoms with Crippen molar-refractivity contribution in [3.8, 4) is 45.1 Å². The van der Waals surface area contributed by atoms with E-state index in [1.807, 2.05) is 52.5 Å². The summed E-state index contributed by atoms with van der Waals surface area (Å²) in [5.74, 6) is 3.25. The van der Waals surface area contributed by atoms with Gasteiger partial charge in [-0.15, -0.1) is 0 Å². The van der Waals surface area contributed by atoms with E-state index in [0.717, 1.165) is 106 Å². The number of hydrogen-bond acceptors (Lipinski definition) is 9. The van der Waals surface area contributed by atoms with Crippen LogP contribution in [0.3, 0.4) is 0 Å². The average Bonchev–Trinajstić information content (AvgIpc) is 3.84. The monoisotopic (exact) mass is 717 g/mol. The van der Waals surface area contributed by atoms with Gasteiger partial charge in [0.15, 0.2) is 0 Å². The van der Waals surface area contributed by atoms with E-state index in [-0.39, 0.29) is 24.8 Å². The van der Waals surface area contributed by atoms with Gasteiger partial charge in [-0.3, -0.25) is 14.6 Å². The lowest BCUT2D eigenvalue weighted by Gasteiger charge is -2.44. The van der Waals surface area contributed by atoms with Crippen molar-refractivity contribution in [3.63, 3.8) is 0 Å². The van der Waals surface area contributed by atoms with Crippen LogP contribution >= 0.6 is 0 Å². The van der Waals surface area contributed by atoms with E-state index in [0.29, 0.717) is 32.8 Å². The molecule has 2 aromatic heterocycles. The zero-order valence-corrected chi connectivity index (χ0v) is 30.6. The third kappa shape index (κ3) is 6.95. The molecular weight excluding hydrogens is 670 g/mol. The Bertz CT molecular complexity index is 2020. The van der Waals surface area contributed by atoms with Gasteiger partial charge in [0.1, 0.15) is 42.4 Å². The van der Waals surface area contributed by atoms with Gasteiger partial charge in [0, 0.05) is 66.7 Å². The first-order chi connectivity index (χ1) is 26.0. The first-order valence-corrected chi connectivity index (χ1v) is 18.6. The van der Waals surface area contributed by atoms with Crippen LogP contribution in [0, 0.1) is 0 Å². The lowest BCUT2D eigenvalue weighted by atomic mass is 9.87. The number of nitrogens with zero attached hydrogens (tertiary/aromatic N) is 5. The van der Waals surface area contributed by atoms with Gasteiger partial charge in [-0.25, -0.2) is 9.97 Å². The zero-order valence-electron chi connectivity index (χ0n) is 30.6. The standard InChI is InChI=1S/C41H47N7O5/c1-4-11-46(25-49)21-36-42-17-32(44-36)27-13-29-23-53-35-16-28(14-30-24-52-34(15-27)38(29)39(30)35)33-18-43-37(45-33)22-47(12-5-2)41(50)40(26-9-7-6-8-10-26)48-19-31(20-48)51-3/h6-10,13-18,31,40,49H,4-5,11-12,19-25H2,1-3H3,(H,42,44)(H,43,45). The van der Waals surface area contributed by atoms with Crippen molar-refractivity contribution in [2.45, 2.75) is 65.1 Å². The second-order valence-corrected chi connectivity index (χ2v) is 14.2. The summed E-state index contributed by atoms with van der Waals surface area (Å²) in [6, 6.07) is 18.1. The highest BCUT2D eigenvalue weighted by Gasteiger charge is 2.39. The first-order valence-electron chi connectivity index (χ1n) is 18.6. The van der Waals surface area contributed by atoms with Gasteiger partial charge in [0.05, 0.1) is 49.7 Å². The summed E-state index contributed by atoms with van der Waals surface area (Å²) >= 11 is 0. The third-order valence-corrected chi connectivity index (χ3v) is 10.4. The van der Waals surface area contributed by atoms with E-state index in [1.165, 1.54) is 0 Å². The number of methoxy groups -OCH3 is 1. The first kappa shape index (κ1) is 35.0. The predicted octanol–water partition coefficient (Wildman–Crippen LogP) is 5.89. The number of ether oxygens (including phenoxy) is 3. The molecule has 5 heterocycles. The molecule has 3 N–H and O–H groups in total. The third-order valence-electron chi connectivity index (χ3n) is 10.4. The maximum Gasteiger partial charge on any atom is 0.244 e. The minimum Gasteiger partial charge on any atom is -0.488 e. The topological polar surface area (TPSA) is 132 Å². The van der Waals surface area contributed by atoms with Crippen LogP contribution in [0.5, 0.6) is 11.5 Å². The van der Waals surface area contributed by atoms with E-state index in [9.17, 15) is 9.90 Å². The highest BCUT2D eigenvalue weighted by molar-refractivity contribution is 5.88. The normalized spacial score (nSPS) is 15.4. The molecule has 0 saturated carbocycles. The number of nitrogens with one attached hydrogen (secondary N) is 2. The molecular formula is C41H47N7O5. The van der Waals surface area contributed by atoms with Crippen LogP contribution in [0.1, 0.15) is 61.1 Å². The Morgan fingerprint density at radius 2 is 1.47 bits per heavy atom. The quantitative estimate of drug-likeness (QED) is 0.114. The summed E-state index contributed by atoms with van der Waals surface area (Å²) in [5, 5.41) is 9.70. The molecule has 12 nitrogen and oxygen atoms in total. The number of hydrogen-bond donors (Lipinski definition) is 3. The second kappa shape index (κ2) is 15.2. The molecule has 3 aliphatic rings. The van der Waals surface area contributed by atoms with Gasteiger partial charge in [0.25, 0.3) is 0 Å². The molecule has 3 aliphatic heterocycles. The molecule has 1 amide bonds. The van der Waals surface area contributed by atoms with Crippen molar-refractivity contribution < 1.29 is 24.1 Å². The number of rotatable bonds is 15. The highest BCUT2D eigenvalue weighted by atomic mass is 16.5. The molecule has 0 bridgehead atoms. The molecule has 1 saturated heterocycles. The lowest BCUT2D eigenvalue weighted by Crippen LogP contribution is -2.56. The zero-order chi connectivity index (χ0) is 36.5. The Balaban J connectivity index is 1.02. The van der Waals surface area contributed by atoms with Crippen molar-refractivity contribution in [3.05, 3.63) is 95.3 Å². The van der Waals surface area contributed by atoms with Gasteiger partial charge < -0.3 is 34.2 Å². The number of aromatic nitrogens is 4. The molecule has 53 heavy (non-hydrogen) atoms. The van der Waals surface area contributed by atoms with E-state index in [4.69, 9.17) is 19.2 Å². The number of likely N-dealkylation sites (tertiary alicyclic amines) is 1. The van der Waals surface area contributed by atoms with Crippen LogP contribution in [0.2, 0.25) is 0 Å². The number of carbonyl (C=O) groups is 1. The Morgan fingerprint density at radius 1 is 0.887 bits per heavy atom. The van der Waals surface area contributed by atoms with Gasteiger partial charge >= 0.3 is 0 Å². The van der Waals surface area contributed by atoms with Crippen molar-refractivity contribution in [1.82, 2.24) is 34.6 Å². The molecule has 8 rings (SSSR count). The van der Waals surface area contributed by atoms with Gasteiger partial charge in [-0.1, -0.05) is 44.2 Å². The Morgan fingerprint density at radius 3 is 2.02 bits per heavy atom. The van der Waals surface area contributed by atoms with E-state index in [2.05, 4.69) is 58.0 Å². The number of imidazole rings is 2. The summed E-state index contributed by atoms with van der Waals surface area (Å²) < 4.78 is 18.3. The smallest absolute Gasteiger partial charge is 0.244 e. The van der Waals surface area contributed by atoms with Crippen molar-refractivity contribution in [2.75, 3.05) is 40.0 Å². The van der Waals surface area contributed by atoms with E-state index in [1.54, 1.807) is 7.11 Å². The number of aliphatic hydroxyl groups is 1. The van der Waals surface area contributed by atoms with Crippen LogP contribution in [0.4, 0.5) is 0 Å². The van der Waals surface area contributed by atoms with Crippen molar-refractivity contribution in [2.24, 2.45) is 0 Å². The number of H-pyrrole nitrogens is 2. The molecule has 0 radical (unpaired) electrons. The van der Waals surface area contributed by atoms with Crippen LogP contribution in [0.25, 0.3) is 33.6 Å². The minimum atomic E-state index is -0.372. The summed E-state index contributed by atoms with van der Waals surface area (Å²) in [4.78, 5) is 36.5. The summed E-state index contributed by atoms with van der Waals surface area (Å²) in [5.41, 5.74) is 8.94. The average molecular weight is 718 g/mol. The molecule has 1 fully saturated rings. The molecule has 1 unspecified atom stereocenters. The molecule has 3 aromatic carbocycles. The fraction of sp³-hybridized carbons (Fsp3) is 0.390. The summed E-state index contributed by atoms with van der Waals surface area (Å²) in [6.45, 7) is 8.81. The Kier molecular flexibility index (Phi) is 10.0. The molecule has 0 aliphatic carbocycles. The number of aliphatic hydroxyl groups excluding tert-OH is 1. The second-order valence-electron chi connectivity index (χ2n) is 14.2. The molecule has 0 spiro atoms. The predicted molar refractivity (Wildman–Crippen MR) is 201 cm³/mol.